The largest absolute Gasteiger partial charge is 0.493 e. The van der Waals surface area contributed by atoms with E-state index in [-0.39, 0.29) is 35.8 Å². The van der Waals surface area contributed by atoms with E-state index in [0.29, 0.717) is 5.75 Å². The molecule has 0 bridgehead atoms. The Kier molecular flexibility index (Phi) is 7.14. The highest BCUT2D eigenvalue weighted by molar-refractivity contribution is 7.10. The number of methoxy groups -OCH3 is 2. The summed E-state index contributed by atoms with van der Waals surface area (Å²) in [5.41, 5.74) is 0.473. The SMILES string of the molecule is CCOC(=O)C1=C(COC(=O)c2cccc(OC)c2OC)NC(=O)NC1c1cccs1. The Morgan fingerprint density at radius 3 is 2.52 bits per heavy atom. The van der Waals surface area contributed by atoms with Crippen molar-refractivity contribution in [1.29, 1.82) is 0 Å². The third-order valence-electron chi connectivity index (χ3n) is 4.45. The third kappa shape index (κ3) is 4.80. The molecule has 0 saturated carbocycles. The zero-order valence-electron chi connectivity index (χ0n) is 17.2. The van der Waals surface area contributed by atoms with Crippen LogP contribution in [0.1, 0.15) is 28.2 Å². The molecule has 9 nitrogen and oxygen atoms in total. The number of para-hydroxylation sites is 1. The first-order chi connectivity index (χ1) is 15.0. The van der Waals surface area contributed by atoms with Crippen LogP contribution in [0.5, 0.6) is 11.5 Å². The lowest BCUT2D eigenvalue weighted by Crippen LogP contribution is -2.46. The van der Waals surface area contributed by atoms with Gasteiger partial charge in [-0.2, -0.15) is 0 Å². The van der Waals surface area contributed by atoms with Crippen LogP contribution in [0.25, 0.3) is 0 Å². The summed E-state index contributed by atoms with van der Waals surface area (Å²) in [4.78, 5) is 38.4. The molecule has 1 aliphatic heterocycles. The van der Waals surface area contributed by atoms with E-state index < -0.39 is 24.0 Å². The van der Waals surface area contributed by atoms with Gasteiger partial charge in [0.05, 0.1) is 38.1 Å². The van der Waals surface area contributed by atoms with Gasteiger partial charge in [-0.25, -0.2) is 14.4 Å². The van der Waals surface area contributed by atoms with Crippen molar-refractivity contribution in [2.24, 2.45) is 0 Å². The van der Waals surface area contributed by atoms with Gasteiger partial charge in [-0.3, -0.25) is 0 Å². The zero-order chi connectivity index (χ0) is 22.4. The van der Waals surface area contributed by atoms with Crippen molar-refractivity contribution >= 4 is 29.3 Å². The van der Waals surface area contributed by atoms with Crippen LogP contribution in [-0.4, -0.2) is 45.4 Å². The van der Waals surface area contributed by atoms with Gasteiger partial charge in [-0.1, -0.05) is 12.1 Å². The van der Waals surface area contributed by atoms with Gasteiger partial charge in [0.1, 0.15) is 12.2 Å². The summed E-state index contributed by atoms with van der Waals surface area (Å²) in [6.07, 6.45) is 0. The number of esters is 2. The molecular formula is C21H22N2O7S. The van der Waals surface area contributed by atoms with Crippen LogP contribution in [0.15, 0.2) is 47.0 Å². The second kappa shape index (κ2) is 9.98. The van der Waals surface area contributed by atoms with Crippen molar-refractivity contribution in [3.05, 3.63) is 57.4 Å². The first-order valence-electron chi connectivity index (χ1n) is 9.39. The second-order valence-corrected chi connectivity index (χ2v) is 7.26. The quantitative estimate of drug-likeness (QED) is 0.600. The van der Waals surface area contributed by atoms with Crippen LogP contribution in [0.3, 0.4) is 0 Å². The van der Waals surface area contributed by atoms with Crippen molar-refractivity contribution in [1.82, 2.24) is 10.6 Å². The first kappa shape index (κ1) is 22.2. The number of rotatable bonds is 8. The van der Waals surface area contributed by atoms with Gasteiger partial charge in [0, 0.05) is 4.88 Å². The number of urea groups is 1. The van der Waals surface area contributed by atoms with E-state index in [4.69, 9.17) is 18.9 Å². The van der Waals surface area contributed by atoms with E-state index in [1.807, 2.05) is 11.4 Å². The summed E-state index contributed by atoms with van der Waals surface area (Å²) in [5, 5.41) is 7.11. The van der Waals surface area contributed by atoms with E-state index >= 15 is 0 Å². The van der Waals surface area contributed by atoms with Gasteiger partial charge in [-0.15, -0.1) is 11.3 Å². The fraction of sp³-hybridized carbons (Fsp3) is 0.286. The lowest BCUT2D eigenvalue weighted by Gasteiger charge is -2.28. The molecule has 0 radical (unpaired) electrons. The zero-order valence-corrected chi connectivity index (χ0v) is 18.0. The van der Waals surface area contributed by atoms with Gasteiger partial charge < -0.3 is 29.6 Å². The molecule has 0 aliphatic carbocycles. The third-order valence-corrected chi connectivity index (χ3v) is 5.38. The fourth-order valence-electron chi connectivity index (χ4n) is 3.11. The highest BCUT2D eigenvalue weighted by Crippen LogP contribution is 2.33. The molecule has 2 amide bonds. The maximum absolute atomic E-state index is 12.7. The molecule has 0 saturated heterocycles. The first-order valence-corrected chi connectivity index (χ1v) is 10.3. The van der Waals surface area contributed by atoms with E-state index in [1.165, 1.54) is 31.6 Å². The Hall–Kier alpha value is -3.53. The molecule has 2 N–H and O–H groups in total. The highest BCUT2D eigenvalue weighted by Gasteiger charge is 2.35. The summed E-state index contributed by atoms with van der Waals surface area (Å²) in [6, 6.07) is 7.18. The van der Waals surface area contributed by atoms with Crippen molar-refractivity contribution in [2.75, 3.05) is 27.4 Å². The molecule has 1 atom stereocenters. The second-order valence-electron chi connectivity index (χ2n) is 6.28. The minimum atomic E-state index is -0.715. The summed E-state index contributed by atoms with van der Waals surface area (Å²) >= 11 is 1.38. The number of hydrogen-bond donors (Lipinski definition) is 2. The monoisotopic (exact) mass is 446 g/mol. The normalized spacial score (nSPS) is 15.6. The number of ether oxygens (including phenoxy) is 4. The van der Waals surface area contributed by atoms with E-state index in [1.54, 1.807) is 25.1 Å². The molecule has 1 aromatic heterocycles. The van der Waals surface area contributed by atoms with Crippen LogP contribution < -0.4 is 20.1 Å². The number of carbonyl (C=O) groups excluding carboxylic acids is 3. The van der Waals surface area contributed by atoms with Crippen LogP contribution in [-0.2, 0) is 14.3 Å². The fourth-order valence-corrected chi connectivity index (χ4v) is 3.90. The maximum Gasteiger partial charge on any atom is 0.342 e. The van der Waals surface area contributed by atoms with Crippen molar-refractivity contribution < 1.29 is 33.3 Å². The molecule has 0 fully saturated rings. The molecule has 2 heterocycles. The summed E-state index contributed by atoms with van der Waals surface area (Å²) in [5.74, 6) is -0.720. The van der Waals surface area contributed by atoms with Gasteiger partial charge in [0.25, 0.3) is 0 Å². The number of nitrogens with one attached hydrogen (secondary N) is 2. The van der Waals surface area contributed by atoms with Gasteiger partial charge in [0.15, 0.2) is 11.5 Å². The van der Waals surface area contributed by atoms with Crippen molar-refractivity contribution in [3.63, 3.8) is 0 Å². The van der Waals surface area contributed by atoms with E-state index in [0.717, 1.165) is 4.88 Å². The number of hydrogen-bond acceptors (Lipinski definition) is 8. The Labute approximate surface area is 182 Å². The van der Waals surface area contributed by atoms with Crippen LogP contribution in [0.2, 0.25) is 0 Å². The van der Waals surface area contributed by atoms with Gasteiger partial charge >= 0.3 is 18.0 Å². The van der Waals surface area contributed by atoms with E-state index in [2.05, 4.69) is 10.6 Å². The predicted octanol–water partition coefficient (Wildman–Crippen LogP) is 2.79. The van der Waals surface area contributed by atoms with Crippen LogP contribution >= 0.6 is 11.3 Å². The molecule has 10 heteroatoms. The molecule has 1 aromatic carbocycles. The highest BCUT2D eigenvalue weighted by atomic mass is 32.1. The minimum Gasteiger partial charge on any atom is -0.493 e. The standard InChI is InChI=1S/C21H22N2O7S/c1-4-29-20(25)16-13(22-21(26)23-17(16)15-9-6-10-31-15)11-30-19(24)12-7-5-8-14(27-2)18(12)28-3/h5-10,17H,4,11H2,1-3H3,(H2,22,23,26). The smallest absolute Gasteiger partial charge is 0.342 e. The molecule has 164 valence electrons. The lowest BCUT2D eigenvalue weighted by molar-refractivity contribution is -0.139. The number of carbonyl (C=O) groups is 3. The summed E-state index contributed by atoms with van der Waals surface area (Å²) < 4.78 is 21.0. The average molecular weight is 446 g/mol. The molecule has 1 aliphatic rings. The topological polar surface area (TPSA) is 112 Å². The molecule has 31 heavy (non-hydrogen) atoms. The Balaban J connectivity index is 1.91. The summed E-state index contributed by atoms with van der Waals surface area (Å²) in [6.45, 7) is 1.49. The number of amides is 2. The maximum atomic E-state index is 12.7. The average Bonchev–Trinajstić information content (AvgIpc) is 3.31. The number of benzene rings is 1. The Bertz CT molecular complexity index is 1000. The molecule has 0 spiro atoms. The van der Waals surface area contributed by atoms with Gasteiger partial charge in [0.2, 0.25) is 0 Å². The molecule has 2 aromatic rings. The Morgan fingerprint density at radius 1 is 1.06 bits per heavy atom. The predicted molar refractivity (Wildman–Crippen MR) is 112 cm³/mol. The van der Waals surface area contributed by atoms with Crippen LogP contribution in [0.4, 0.5) is 4.79 Å². The van der Waals surface area contributed by atoms with Crippen molar-refractivity contribution in [3.8, 4) is 11.5 Å². The molecule has 1 unspecified atom stereocenters. The summed E-state index contributed by atoms with van der Waals surface area (Å²) in [7, 11) is 2.87. The minimum absolute atomic E-state index is 0.148. The lowest BCUT2D eigenvalue weighted by atomic mass is 10.0. The molecular weight excluding hydrogens is 424 g/mol. The van der Waals surface area contributed by atoms with E-state index in [9.17, 15) is 14.4 Å². The van der Waals surface area contributed by atoms with Crippen molar-refractivity contribution in [2.45, 2.75) is 13.0 Å². The van der Waals surface area contributed by atoms with Gasteiger partial charge in [-0.05, 0) is 30.5 Å². The Morgan fingerprint density at radius 2 is 1.87 bits per heavy atom. The van der Waals surface area contributed by atoms with Crippen LogP contribution in [0, 0.1) is 0 Å². The number of thiophene rings is 1. The molecule has 3 rings (SSSR count).